The first kappa shape index (κ1) is 13.7. The van der Waals surface area contributed by atoms with Crippen LogP contribution in [0.1, 0.15) is 25.8 Å². The number of carbonyl (C=O) groups excluding carboxylic acids is 1. The van der Waals surface area contributed by atoms with Gasteiger partial charge in [-0.1, -0.05) is 30.3 Å². The minimum Gasteiger partial charge on any atom is -0.343 e. The zero-order valence-electron chi connectivity index (χ0n) is 10.7. The molecule has 1 atom stereocenters. The monoisotopic (exact) mass is 234 g/mol. The van der Waals surface area contributed by atoms with Crippen molar-refractivity contribution in [2.75, 3.05) is 13.1 Å². The van der Waals surface area contributed by atoms with Gasteiger partial charge in [0, 0.05) is 25.6 Å². The molecule has 0 aromatic heterocycles. The average Bonchev–Trinajstić information content (AvgIpc) is 2.30. The van der Waals surface area contributed by atoms with Crippen molar-refractivity contribution in [2.45, 2.75) is 32.7 Å². The third-order valence-corrected chi connectivity index (χ3v) is 2.74. The van der Waals surface area contributed by atoms with Gasteiger partial charge in [-0.3, -0.25) is 4.79 Å². The van der Waals surface area contributed by atoms with Gasteiger partial charge in [-0.05, 0) is 25.8 Å². The molecule has 3 nitrogen and oxygen atoms in total. The highest BCUT2D eigenvalue weighted by Gasteiger charge is 2.12. The summed E-state index contributed by atoms with van der Waals surface area (Å²) in [5.41, 5.74) is 6.91. The molecule has 0 saturated heterocycles. The van der Waals surface area contributed by atoms with E-state index in [0.29, 0.717) is 6.42 Å². The van der Waals surface area contributed by atoms with Gasteiger partial charge >= 0.3 is 0 Å². The molecule has 0 aliphatic carbocycles. The molecule has 0 bridgehead atoms. The summed E-state index contributed by atoms with van der Waals surface area (Å²) in [7, 11) is 0. The zero-order chi connectivity index (χ0) is 12.7. The molecule has 1 unspecified atom stereocenters. The lowest BCUT2D eigenvalue weighted by atomic mass is 10.1. The van der Waals surface area contributed by atoms with E-state index in [1.54, 1.807) is 0 Å². The molecule has 0 saturated carbocycles. The second-order valence-electron chi connectivity index (χ2n) is 4.39. The topological polar surface area (TPSA) is 46.3 Å². The van der Waals surface area contributed by atoms with Crippen molar-refractivity contribution >= 4 is 5.91 Å². The Morgan fingerprint density at radius 3 is 2.53 bits per heavy atom. The third-order valence-electron chi connectivity index (χ3n) is 2.74. The second kappa shape index (κ2) is 7.07. The Kier molecular flexibility index (Phi) is 5.70. The highest BCUT2D eigenvalue weighted by atomic mass is 16.2. The Hall–Kier alpha value is -1.35. The fourth-order valence-corrected chi connectivity index (χ4v) is 1.77. The maximum atomic E-state index is 11.9. The zero-order valence-corrected chi connectivity index (χ0v) is 10.7. The largest absolute Gasteiger partial charge is 0.343 e. The van der Waals surface area contributed by atoms with Gasteiger partial charge in [-0.2, -0.15) is 0 Å². The molecule has 1 amide bonds. The van der Waals surface area contributed by atoms with E-state index in [9.17, 15) is 4.79 Å². The van der Waals surface area contributed by atoms with Gasteiger partial charge in [0.25, 0.3) is 0 Å². The van der Waals surface area contributed by atoms with Gasteiger partial charge in [0.15, 0.2) is 0 Å². The molecule has 0 heterocycles. The van der Waals surface area contributed by atoms with Crippen LogP contribution >= 0.6 is 0 Å². The first-order valence-electron chi connectivity index (χ1n) is 6.20. The smallest absolute Gasteiger partial charge is 0.224 e. The Labute approximate surface area is 104 Å². The predicted octanol–water partition coefficient (Wildman–Crippen LogP) is 1.81. The van der Waals surface area contributed by atoms with Crippen molar-refractivity contribution < 1.29 is 4.79 Å². The van der Waals surface area contributed by atoms with Crippen LogP contribution in [-0.2, 0) is 11.2 Å². The van der Waals surface area contributed by atoms with E-state index in [2.05, 4.69) is 12.1 Å². The summed E-state index contributed by atoms with van der Waals surface area (Å²) in [5.74, 6) is 0.151. The van der Waals surface area contributed by atoms with Crippen molar-refractivity contribution in [2.24, 2.45) is 5.73 Å². The number of carbonyl (C=O) groups is 1. The fraction of sp³-hybridized carbons (Fsp3) is 0.500. The number of nitrogens with zero attached hydrogens (tertiary/aromatic N) is 1. The third kappa shape index (κ3) is 5.00. The van der Waals surface area contributed by atoms with Crippen LogP contribution in [0.2, 0.25) is 0 Å². The van der Waals surface area contributed by atoms with Gasteiger partial charge in [0.2, 0.25) is 5.91 Å². The summed E-state index contributed by atoms with van der Waals surface area (Å²) >= 11 is 0. The number of hydrogen-bond acceptors (Lipinski definition) is 2. The van der Waals surface area contributed by atoms with Crippen molar-refractivity contribution in [3.05, 3.63) is 35.9 Å². The lowest BCUT2D eigenvalue weighted by Crippen LogP contribution is -2.36. The molecule has 3 heteroatoms. The molecule has 1 rings (SSSR count). The molecule has 0 spiro atoms. The normalized spacial score (nSPS) is 12.2. The second-order valence-corrected chi connectivity index (χ2v) is 4.39. The highest BCUT2D eigenvalue weighted by Crippen LogP contribution is 2.03. The molecule has 0 radical (unpaired) electrons. The van der Waals surface area contributed by atoms with Crippen molar-refractivity contribution in [1.82, 2.24) is 4.90 Å². The fourth-order valence-electron chi connectivity index (χ4n) is 1.77. The van der Waals surface area contributed by atoms with Crippen LogP contribution < -0.4 is 5.73 Å². The van der Waals surface area contributed by atoms with Crippen LogP contribution in [-0.4, -0.2) is 29.9 Å². The maximum absolute atomic E-state index is 11.9. The van der Waals surface area contributed by atoms with Gasteiger partial charge in [-0.25, -0.2) is 0 Å². The van der Waals surface area contributed by atoms with Gasteiger partial charge in [-0.15, -0.1) is 0 Å². The van der Waals surface area contributed by atoms with Crippen molar-refractivity contribution in [1.29, 1.82) is 0 Å². The summed E-state index contributed by atoms with van der Waals surface area (Å²) in [4.78, 5) is 13.7. The molecule has 2 N–H and O–H groups in total. The van der Waals surface area contributed by atoms with E-state index < -0.39 is 0 Å². The Balaban J connectivity index is 2.45. The van der Waals surface area contributed by atoms with E-state index in [4.69, 9.17) is 5.73 Å². The summed E-state index contributed by atoms with van der Waals surface area (Å²) < 4.78 is 0. The first-order chi connectivity index (χ1) is 8.13. The standard InChI is InChI=1S/C14H22N2O/c1-3-16(14(17)11-12(2)15)10-9-13-7-5-4-6-8-13/h4-8,12H,3,9-11,15H2,1-2H3. The molecule has 1 aromatic rings. The SMILES string of the molecule is CCN(CCc1ccccc1)C(=O)CC(C)N. The average molecular weight is 234 g/mol. The van der Waals surface area contributed by atoms with E-state index in [1.807, 2.05) is 36.9 Å². The predicted molar refractivity (Wildman–Crippen MR) is 70.7 cm³/mol. The first-order valence-corrected chi connectivity index (χ1v) is 6.20. The van der Waals surface area contributed by atoms with Crippen LogP contribution in [0, 0.1) is 0 Å². The van der Waals surface area contributed by atoms with E-state index >= 15 is 0 Å². The molecule has 0 fully saturated rings. The minimum absolute atomic E-state index is 0.0618. The Bertz CT molecular complexity index is 335. The number of nitrogens with two attached hydrogens (primary N) is 1. The molecule has 17 heavy (non-hydrogen) atoms. The minimum atomic E-state index is -0.0618. The van der Waals surface area contributed by atoms with Crippen LogP contribution in [0.25, 0.3) is 0 Å². The molecule has 1 aromatic carbocycles. The molecule has 94 valence electrons. The Morgan fingerprint density at radius 2 is 2.00 bits per heavy atom. The summed E-state index contributed by atoms with van der Waals surface area (Å²) in [6, 6.07) is 10.2. The summed E-state index contributed by atoms with van der Waals surface area (Å²) in [6.07, 6.45) is 1.34. The van der Waals surface area contributed by atoms with Crippen molar-refractivity contribution in [3.8, 4) is 0 Å². The van der Waals surface area contributed by atoms with E-state index in [0.717, 1.165) is 19.5 Å². The number of rotatable bonds is 6. The van der Waals surface area contributed by atoms with E-state index in [1.165, 1.54) is 5.56 Å². The van der Waals surface area contributed by atoms with Crippen LogP contribution in [0.3, 0.4) is 0 Å². The number of benzene rings is 1. The quantitative estimate of drug-likeness (QED) is 0.816. The maximum Gasteiger partial charge on any atom is 0.224 e. The van der Waals surface area contributed by atoms with Crippen LogP contribution in [0.4, 0.5) is 0 Å². The number of amides is 1. The molecule has 0 aliphatic heterocycles. The lowest BCUT2D eigenvalue weighted by Gasteiger charge is -2.21. The van der Waals surface area contributed by atoms with Gasteiger partial charge in [0.05, 0.1) is 0 Å². The highest BCUT2D eigenvalue weighted by molar-refractivity contribution is 5.76. The number of hydrogen-bond donors (Lipinski definition) is 1. The Morgan fingerprint density at radius 1 is 1.35 bits per heavy atom. The van der Waals surface area contributed by atoms with E-state index in [-0.39, 0.29) is 11.9 Å². The molecular formula is C14H22N2O. The van der Waals surface area contributed by atoms with Gasteiger partial charge in [0.1, 0.15) is 0 Å². The number of likely N-dealkylation sites (N-methyl/N-ethyl adjacent to an activating group) is 1. The van der Waals surface area contributed by atoms with Crippen molar-refractivity contribution in [3.63, 3.8) is 0 Å². The van der Waals surface area contributed by atoms with Gasteiger partial charge < -0.3 is 10.6 Å². The molecular weight excluding hydrogens is 212 g/mol. The lowest BCUT2D eigenvalue weighted by molar-refractivity contribution is -0.131. The molecule has 0 aliphatic rings. The van der Waals surface area contributed by atoms with Crippen LogP contribution in [0.5, 0.6) is 0 Å². The summed E-state index contributed by atoms with van der Waals surface area (Å²) in [5, 5.41) is 0. The summed E-state index contributed by atoms with van der Waals surface area (Å²) in [6.45, 7) is 5.39. The van der Waals surface area contributed by atoms with Crippen LogP contribution in [0.15, 0.2) is 30.3 Å².